The molecule has 2 aromatic carbocycles. The molecule has 7 nitrogen and oxygen atoms in total. The molecule has 3 rings (SSSR count). The molecule has 0 saturated carbocycles. The highest BCUT2D eigenvalue weighted by Gasteiger charge is 2.18. The van der Waals surface area contributed by atoms with E-state index in [0.29, 0.717) is 35.9 Å². The molecule has 0 aromatic heterocycles. The van der Waals surface area contributed by atoms with E-state index in [2.05, 4.69) is 22.1 Å². The number of hydrogen-bond acceptors (Lipinski definition) is 6. The van der Waals surface area contributed by atoms with Gasteiger partial charge in [0.25, 0.3) is 5.91 Å². The Morgan fingerprint density at radius 2 is 2.07 bits per heavy atom. The summed E-state index contributed by atoms with van der Waals surface area (Å²) >= 11 is 0. The van der Waals surface area contributed by atoms with Gasteiger partial charge in [0.1, 0.15) is 5.75 Å². The van der Waals surface area contributed by atoms with Crippen LogP contribution in [0, 0.1) is 0 Å². The predicted molar refractivity (Wildman–Crippen MR) is 111 cm³/mol. The number of benzene rings is 2. The lowest BCUT2D eigenvalue weighted by Gasteiger charge is -2.19. The molecule has 1 aliphatic rings. The fourth-order valence-electron chi connectivity index (χ4n) is 2.75. The van der Waals surface area contributed by atoms with Crippen LogP contribution in [-0.2, 0) is 4.79 Å². The van der Waals surface area contributed by atoms with Crippen LogP contribution in [0.1, 0.15) is 13.3 Å². The average Bonchev–Trinajstić information content (AvgIpc) is 2.73. The summed E-state index contributed by atoms with van der Waals surface area (Å²) in [5, 5.41) is 19.2. The third kappa shape index (κ3) is 4.27. The van der Waals surface area contributed by atoms with Gasteiger partial charge in [0.05, 0.1) is 17.9 Å². The molecule has 0 fully saturated rings. The maximum atomic E-state index is 12.8. The Bertz CT molecular complexity index is 979. The molecule has 0 radical (unpaired) electrons. The van der Waals surface area contributed by atoms with Crippen LogP contribution in [0.5, 0.6) is 5.75 Å². The summed E-state index contributed by atoms with van der Waals surface area (Å²) in [5.74, 6) is 0.626. The van der Waals surface area contributed by atoms with Gasteiger partial charge in [0.2, 0.25) is 0 Å². The number of ether oxygens (including phenoxy) is 1. The van der Waals surface area contributed by atoms with Crippen molar-refractivity contribution < 1.29 is 14.6 Å². The number of fused-ring (bicyclic) bond motifs is 1. The maximum Gasteiger partial charge on any atom is 0.255 e. The first-order chi connectivity index (χ1) is 13.6. The van der Waals surface area contributed by atoms with E-state index in [1.165, 1.54) is 5.01 Å². The average molecular weight is 378 g/mol. The van der Waals surface area contributed by atoms with Gasteiger partial charge >= 0.3 is 0 Å². The lowest BCUT2D eigenvalue weighted by molar-refractivity contribution is -0.112. The Morgan fingerprint density at radius 1 is 1.32 bits per heavy atom. The van der Waals surface area contributed by atoms with E-state index in [9.17, 15) is 4.79 Å². The van der Waals surface area contributed by atoms with Crippen molar-refractivity contribution in [2.75, 3.05) is 18.5 Å². The van der Waals surface area contributed by atoms with E-state index in [1.807, 2.05) is 36.4 Å². The molecule has 0 bridgehead atoms. The lowest BCUT2D eigenvalue weighted by Crippen LogP contribution is -2.20. The molecule has 28 heavy (non-hydrogen) atoms. The minimum atomic E-state index is -0.321. The van der Waals surface area contributed by atoms with Crippen LogP contribution in [0.4, 0.5) is 5.69 Å². The van der Waals surface area contributed by atoms with Crippen LogP contribution in [0.2, 0.25) is 0 Å². The van der Waals surface area contributed by atoms with E-state index in [0.717, 1.165) is 10.8 Å². The molecular formula is C21H22N4O3. The van der Waals surface area contributed by atoms with Crippen molar-refractivity contribution in [3.63, 3.8) is 0 Å². The number of nitrogens with one attached hydrogen (secondary N) is 1. The van der Waals surface area contributed by atoms with Crippen molar-refractivity contribution in [2.24, 2.45) is 10.1 Å². The Labute approximate surface area is 163 Å². The summed E-state index contributed by atoms with van der Waals surface area (Å²) in [6.45, 7) is 5.55. The molecule has 1 heterocycles. The molecular weight excluding hydrogens is 356 g/mol. The normalized spacial score (nSPS) is 14.9. The van der Waals surface area contributed by atoms with Gasteiger partial charge in [-0.05, 0) is 35.9 Å². The highest BCUT2D eigenvalue weighted by Crippen LogP contribution is 2.31. The van der Waals surface area contributed by atoms with Gasteiger partial charge in [-0.1, -0.05) is 24.3 Å². The fourth-order valence-corrected chi connectivity index (χ4v) is 2.75. The lowest BCUT2D eigenvalue weighted by atomic mass is 10.1. The molecule has 2 aromatic rings. The van der Waals surface area contributed by atoms with E-state index in [-0.39, 0.29) is 12.5 Å². The molecule has 7 heteroatoms. The van der Waals surface area contributed by atoms with Crippen LogP contribution in [0.15, 0.2) is 70.2 Å². The standard InChI is InChI=1S/C21H22N4O3/c1-15(20-23-9-5-10-25(20)22-2)21(27)24-18-13-16-7-3-4-8-17(16)14-19(18)28-12-6-11-26/h3-5,7-10,13-14,26H,2,6,11-12H2,1H3,(H,24,27)/b20-15+. The number of aliphatic hydroxyl groups is 1. The second-order valence-electron chi connectivity index (χ2n) is 6.13. The Kier molecular flexibility index (Phi) is 6.18. The zero-order valence-corrected chi connectivity index (χ0v) is 15.6. The number of carbonyl (C=O) groups excluding carboxylic acids is 1. The smallest absolute Gasteiger partial charge is 0.255 e. The monoisotopic (exact) mass is 378 g/mol. The molecule has 1 amide bonds. The van der Waals surface area contributed by atoms with Crippen LogP contribution < -0.4 is 10.1 Å². The van der Waals surface area contributed by atoms with Gasteiger partial charge in [-0.3, -0.25) is 4.79 Å². The first-order valence-corrected chi connectivity index (χ1v) is 8.89. The van der Waals surface area contributed by atoms with E-state index < -0.39 is 0 Å². The number of aliphatic imine (C=N–C) groups is 1. The SMILES string of the molecule is C=NN1C=CC=N/C1=C(/C)C(=O)Nc1cc2ccccc2cc1OCCCO. The fraction of sp³-hybridized carbons (Fsp3) is 0.190. The van der Waals surface area contributed by atoms with Gasteiger partial charge < -0.3 is 15.2 Å². The third-order valence-corrected chi connectivity index (χ3v) is 4.21. The van der Waals surface area contributed by atoms with E-state index >= 15 is 0 Å². The van der Waals surface area contributed by atoms with Crippen molar-refractivity contribution in [1.82, 2.24) is 5.01 Å². The molecule has 1 aliphatic heterocycles. The summed E-state index contributed by atoms with van der Waals surface area (Å²) in [6.07, 6.45) is 5.48. The zero-order chi connectivity index (χ0) is 19.9. The molecule has 0 aliphatic carbocycles. The van der Waals surface area contributed by atoms with Crippen molar-refractivity contribution in [3.05, 3.63) is 60.1 Å². The van der Waals surface area contributed by atoms with Gasteiger partial charge in [-0.25, -0.2) is 10.0 Å². The number of amides is 1. The molecule has 144 valence electrons. The van der Waals surface area contributed by atoms with Crippen LogP contribution in [0.25, 0.3) is 10.8 Å². The molecule has 0 atom stereocenters. The Morgan fingerprint density at radius 3 is 2.79 bits per heavy atom. The first-order valence-electron chi connectivity index (χ1n) is 8.89. The molecule has 0 spiro atoms. The number of aliphatic hydroxyl groups excluding tert-OH is 1. The van der Waals surface area contributed by atoms with Crippen molar-refractivity contribution in [1.29, 1.82) is 0 Å². The quantitative estimate of drug-likeness (QED) is 0.440. The predicted octanol–water partition coefficient (Wildman–Crippen LogP) is 3.29. The van der Waals surface area contributed by atoms with Crippen LogP contribution in [-0.4, -0.2) is 42.2 Å². The van der Waals surface area contributed by atoms with Crippen molar-refractivity contribution in [2.45, 2.75) is 13.3 Å². The van der Waals surface area contributed by atoms with Crippen LogP contribution in [0.3, 0.4) is 0 Å². The molecule has 0 unspecified atom stereocenters. The summed E-state index contributed by atoms with van der Waals surface area (Å²) in [6, 6.07) is 11.6. The van der Waals surface area contributed by atoms with Gasteiger partial charge in [0.15, 0.2) is 5.82 Å². The molecule has 2 N–H and O–H groups in total. The Balaban J connectivity index is 1.92. The number of hydrogen-bond donors (Lipinski definition) is 2. The highest BCUT2D eigenvalue weighted by molar-refractivity contribution is 6.06. The van der Waals surface area contributed by atoms with E-state index in [1.54, 1.807) is 25.4 Å². The molecule has 0 saturated heterocycles. The van der Waals surface area contributed by atoms with Crippen molar-refractivity contribution >= 4 is 35.3 Å². The number of nitrogens with zero attached hydrogens (tertiary/aromatic N) is 3. The highest BCUT2D eigenvalue weighted by atomic mass is 16.5. The summed E-state index contributed by atoms with van der Waals surface area (Å²) < 4.78 is 5.78. The number of rotatable bonds is 7. The minimum absolute atomic E-state index is 0.0381. The maximum absolute atomic E-state index is 12.8. The largest absolute Gasteiger partial charge is 0.491 e. The van der Waals surface area contributed by atoms with E-state index in [4.69, 9.17) is 9.84 Å². The third-order valence-electron chi connectivity index (χ3n) is 4.21. The van der Waals surface area contributed by atoms with Crippen molar-refractivity contribution in [3.8, 4) is 5.75 Å². The van der Waals surface area contributed by atoms with Gasteiger partial charge in [0, 0.05) is 32.2 Å². The minimum Gasteiger partial charge on any atom is -0.491 e. The Hall–Kier alpha value is -3.45. The zero-order valence-electron chi connectivity index (χ0n) is 15.6. The number of anilines is 1. The number of hydrazone groups is 1. The topological polar surface area (TPSA) is 86.5 Å². The number of carbonyl (C=O) groups is 1. The number of allylic oxidation sites excluding steroid dienone is 1. The summed E-state index contributed by atoms with van der Waals surface area (Å²) in [7, 11) is 0. The second kappa shape index (κ2) is 8.96. The van der Waals surface area contributed by atoms with Gasteiger partial charge in [-0.15, -0.1) is 0 Å². The van der Waals surface area contributed by atoms with Crippen LogP contribution >= 0.6 is 0 Å². The summed E-state index contributed by atoms with van der Waals surface area (Å²) in [4.78, 5) is 17.1. The van der Waals surface area contributed by atoms with Gasteiger partial charge in [-0.2, -0.15) is 5.10 Å². The summed E-state index contributed by atoms with van der Waals surface area (Å²) in [5.41, 5.74) is 0.942. The first kappa shape index (κ1) is 19.3. The second-order valence-corrected chi connectivity index (χ2v) is 6.13.